The van der Waals surface area contributed by atoms with Gasteiger partial charge in [-0.25, -0.2) is 4.68 Å². The molecule has 0 aliphatic carbocycles. The summed E-state index contributed by atoms with van der Waals surface area (Å²) in [6, 6.07) is 8.54. The van der Waals surface area contributed by atoms with Crippen LogP contribution in [0.2, 0.25) is 0 Å². The number of hydrogen-bond donors (Lipinski definition) is 0. The van der Waals surface area contributed by atoms with Gasteiger partial charge in [0.05, 0.1) is 11.4 Å². The van der Waals surface area contributed by atoms with Gasteiger partial charge in [-0.15, -0.1) is 0 Å². The Hall–Kier alpha value is -1.83. The standard InChI is InChI=1S/C17H22N2/c1-5-14-8-9-17(19-11-10-13(4)18-19)16(12-14)15(6-2)7-3/h5,8-12,15H,1,6-7H2,2-4H3. The maximum Gasteiger partial charge on any atom is 0.0680 e. The van der Waals surface area contributed by atoms with Gasteiger partial charge < -0.3 is 0 Å². The summed E-state index contributed by atoms with van der Waals surface area (Å²) in [6.07, 6.45) is 6.23. The van der Waals surface area contributed by atoms with Crippen LogP contribution in [0.15, 0.2) is 37.0 Å². The molecule has 0 saturated carbocycles. The zero-order valence-electron chi connectivity index (χ0n) is 12.1. The lowest BCUT2D eigenvalue weighted by Gasteiger charge is -2.18. The van der Waals surface area contributed by atoms with Crippen LogP contribution in [-0.2, 0) is 0 Å². The third-order valence-electron chi connectivity index (χ3n) is 3.68. The molecule has 0 fully saturated rings. The monoisotopic (exact) mass is 254 g/mol. The first-order valence-electron chi connectivity index (χ1n) is 6.98. The Morgan fingerprint density at radius 3 is 2.53 bits per heavy atom. The highest BCUT2D eigenvalue weighted by Gasteiger charge is 2.14. The predicted molar refractivity (Wildman–Crippen MR) is 81.7 cm³/mol. The van der Waals surface area contributed by atoms with E-state index in [0.29, 0.717) is 5.92 Å². The molecule has 0 amide bonds. The van der Waals surface area contributed by atoms with Gasteiger partial charge in [0.1, 0.15) is 0 Å². The summed E-state index contributed by atoms with van der Waals surface area (Å²) in [5.41, 5.74) is 4.77. The van der Waals surface area contributed by atoms with Gasteiger partial charge in [0.15, 0.2) is 0 Å². The Morgan fingerprint density at radius 2 is 2.00 bits per heavy atom. The zero-order chi connectivity index (χ0) is 13.8. The summed E-state index contributed by atoms with van der Waals surface area (Å²) >= 11 is 0. The molecule has 2 nitrogen and oxygen atoms in total. The van der Waals surface area contributed by atoms with Crippen molar-refractivity contribution in [1.82, 2.24) is 9.78 Å². The number of hydrogen-bond acceptors (Lipinski definition) is 1. The molecule has 0 bridgehead atoms. The van der Waals surface area contributed by atoms with Crippen LogP contribution in [0, 0.1) is 6.92 Å². The van der Waals surface area contributed by atoms with Crippen LogP contribution < -0.4 is 0 Å². The molecule has 2 rings (SSSR count). The highest BCUT2D eigenvalue weighted by molar-refractivity contribution is 5.54. The van der Waals surface area contributed by atoms with Crippen LogP contribution in [0.3, 0.4) is 0 Å². The molecule has 0 radical (unpaired) electrons. The van der Waals surface area contributed by atoms with E-state index in [1.165, 1.54) is 16.8 Å². The Kier molecular flexibility index (Phi) is 4.20. The Bertz CT molecular complexity index is 562. The molecule has 0 aliphatic rings. The van der Waals surface area contributed by atoms with E-state index in [1.807, 2.05) is 29.9 Å². The van der Waals surface area contributed by atoms with Crippen molar-refractivity contribution in [3.8, 4) is 5.69 Å². The summed E-state index contributed by atoms with van der Waals surface area (Å²) in [6.45, 7) is 10.4. The van der Waals surface area contributed by atoms with E-state index >= 15 is 0 Å². The fourth-order valence-electron chi connectivity index (χ4n) is 2.51. The van der Waals surface area contributed by atoms with E-state index in [0.717, 1.165) is 18.5 Å². The molecule has 0 spiro atoms. The summed E-state index contributed by atoms with van der Waals surface area (Å²) in [7, 11) is 0. The maximum atomic E-state index is 4.54. The summed E-state index contributed by atoms with van der Waals surface area (Å²) < 4.78 is 1.98. The average molecular weight is 254 g/mol. The van der Waals surface area contributed by atoms with E-state index in [1.54, 1.807) is 0 Å². The van der Waals surface area contributed by atoms with Crippen molar-refractivity contribution in [2.45, 2.75) is 39.5 Å². The van der Waals surface area contributed by atoms with Crippen molar-refractivity contribution in [2.24, 2.45) is 0 Å². The lowest BCUT2D eigenvalue weighted by molar-refractivity contribution is 0.634. The predicted octanol–water partition coefficient (Wildman–Crippen LogP) is 4.73. The molecule has 0 saturated heterocycles. The summed E-state index contributed by atoms with van der Waals surface area (Å²) in [4.78, 5) is 0. The van der Waals surface area contributed by atoms with Gasteiger partial charge in [0.25, 0.3) is 0 Å². The van der Waals surface area contributed by atoms with Gasteiger partial charge >= 0.3 is 0 Å². The van der Waals surface area contributed by atoms with Crippen molar-refractivity contribution in [3.05, 3.63) is 53.9 Å². The van der Waals surface area contributed by atoms with E-state index in [2.05, 4.69) is 43.7 Å². The molecule has 1 aromatic heterocycles. The lowest BCUT2D eigenvalue weighted by Crippen LogP contribution is -2.05. The van der Waals surface area contributed by atoms with Crippen molar-refractivity contribution in [3.63, 3.8) is 0 Å². The first kappa shape index (κ1) is 13.6. The van der Waals surface area contributed by atoms with E-state index in [-0.39, 0.29) is 0 Å². The summed E-state index contributed by atoms with van der Waals surface area (Å²) in [5, 5.41) is 4.54. The fourth-order valence-corrected chi connectivity index (χ4v) is 2.51. The van der Waals surface area contributed by atoms with Gasteiger partial charge in [0.2, 0.25) is 0 Å². The van der Waals surface area contributed by atoms with Crippen LogP contribution in [0.5, 0.6) is 0 Å². The molecule has 19 heavy (non-hydrogen) atoms. The smallest absolute Gasteiger partial charge is 0.0680 e. The minimum Gasteiger partial charge on any atom is -0.240 e. The second-order valence-electron chi connectivity index (χ2n) is 4.94. The number of nitrogens with zero attached hydrogens (tertiary/aromatic N) is 2. The number of benzene rings is 1. The number of aromatic nitrogens is 2. The Labute approximate surface area is 115 Å². The first-order valence-corrected chi connectivity index (χ1v) is 6.98. The lowest BCUT2D eigenvalue weighted by atomic mass is 9.91. The maximum absolute atomic E-state index is 4.54. The number of aryl methyl sites for hydroxylation is 1. The van der Waals surface area contributed by atoms with Crippen LogP contribution in [-0.4, -0.2) is 9.78 Å². The van der Waals surface area contributed by atoms with Crippen molar-refractivity contribution < 1.29 is 0 Å². The highest BCUT2D eigenvalue weighted by atomic mass is 15.3. The van der Waals surface area contributed by atoms with Crippen molar-refractivity contribution in [2.75, 3.05) is 0 Å². The molecule has 100 valence electrons. The molecule has 0 unspecified atom stereocenters. The van der Waals surface area contributed by atoms with Crippen molar-refractivity contribution >= 4 is 6.08 Å². The van der Waals surface area contributed by atoms with E-state index in [4.69, 9.17) is 0 Å². The minimum atomic E-state index is 0.569. The molecule has 2 aromatic rings. The molecular formula is C17H22N2. The van der Waals surface area contributed by atoms with Crippen LogP contribution in [0.25, 0.3) is 11.8 Å². The molecule has 0 aliphatic heterocycles. The third-order valence-corrected chi connectivity index (χ3v) is 3.68. The largest absolute Gasteiger partial charge is 0.240 e. The fraction of sp³-hybridized carbons (Fsp3) is 0.353. The molecule has 1 heterocycles. The first-order chi connectivity index (χ1) is 9.19. The van der Waals surface area contributed by atoms with Gasteiger partial charge in [-0.2, -0.15) is 5.10 Å². The third kappa shape index (κ3) is 2.78. The quantitative estimate of drug-likeness (QED) is 0.754. The second-order valence-corrected chi connectivity index (χ2v) is 4.94. The second kappa shape index (κ2) is 5.87. The van der Waals surface area contributed by atoms with Crippen molar-refractivity contribution in [1.29, 1.82) is 0 Å². The normalized spacial score (nSPS) is 10.9. The van der Waals surface area contributed by atoms with Gasteiger partial charge in [-0.3, -0.25) is 0 Å². The Morgan fingerprint density at radius 1 is 1.26 bits per heavy atom. The SMILES string of the molecule is C=Cc1ccc(-n2ccc(C)n2)c(C(CC)CC)c1. The van der Waals surface area contributed by atoms with Crippen LogP contribution in [0.1, 0.15) is 49.4 Å². The van der Waals surface area contributed by atoms with Crippen LogP contribution in [0.4, 0.5) is 0 Å². The van der Waals surface area contributed by atoms with Gasteiger partial charge in [0, 0.05) is 6.20 Å². The molecule has 1 aromatic carbocycles. The van der Waals surface area contributed by atoms with E-state index in [9.17, 15) is 0 Å². The van der Waals surface area contributed by atoms with Crippen LogP contribution >= 0.6 is 0 Å². The minimum absolute atomic E-state index is 0.569. The molecule has 0 N–H and O–H groups in total. The van der Waals surface area contributed by atoms with Gasteiger partial charge in [-0.1, -0.05) is 32.6 Å². The number of rotatable bonds is 5. The molecular weight excluding hydrogens is 232 g/mol. The molecule has 0 atom stereocenters. The average Bonchev–Trinajstić information content (AvgIpc) is 2.86. The zero-order valence-corrected chi connectivity index (χ0v) is 12.1. The topological polar surface area (TPSA) is 17.8 Å². The summed E-state index contributed by atoms with van der Waals surface area (Å²) in [5.74, 6) is 0.569. The van der Waals surface area contributed by atoms with E-state index < -0.39 is 0 Å². The Balaban J connectivity index is 2.56. The van der Waals surface area contributed by atoms with Gasteiger partial charge in [-0.05, 0) is 55.0 Å². The highest BCUT2D eigenvalue weighted by Crippen LogP contribution is 2.29. The molecule has 2 heteroatoms.